The average Bonchev–Trinajstić information content (AvgIpc) is 2.13. The van der Waals surface area contributed by atoms with Crippen LogP contribution in [0.25, 0.3) is 0 Å². The van der Waals surface area contributed by atoms with Crippen molar-refractivity contribution >= 4 is 0 Å². The summed E-state index contributed by atoms with van der Waals surface area (Å²) in [4.78, 5) is 0. The van der Waals surface area contributed by atoms with Crippen molar-refractivity contribution in [2.45, 2.75) is 26.3 Å². The molecule has 1 unspecified atom stereocenters. The second-order valence-electron chi connectivity index (χ2n) is 3.50. The first-order chi connectivity index (χ1) is 5.70. The van der Waals surface area contributed by atoms with Gasteiger partial charge in [-0.15, -0.1) is 0 Å². The van der Waals surface area contributed by atoms with Crippen LogP contribution in [0.5, 0.6) is 0 Å². The molecule has 3 nitrogen and oxygen atoms in total. The van der Waals surface area contributed by atoms with E-state index in [9.17, 15) is 0 Å². The van der Waals surface area contributed by atoms with E-state index in [1.54, 1.807) is 0 Å². The Bertz CT molecular complexity index is 297. The van der Waals surface area contributed by atoms with Crippen LogP contribution in [0.15, 0.2) is 0 Å². The van der Waals surface area contributed by atoms with E-state index >= 15 is 0 Å². The number of hydrogen-bond acceptors (Lipinski definition) is 2. The van der Waals surface area contributed by atoms with Gasteiger partial charge in [0.25, 0.3) is 0 Å². The number of nitrogens with one attached hydrogen (secondary N) is 1. The highest BCUT2D eigenvalue weighted by Gasteiger charge is 2.24. The normalized spacial score (nSPS) is 22.4. The summed E-state index contributed by atoms with van der Waals surface area (Å²) in [5, 5.41) is 7.79. The topological polar surface area (TPSA) is 29.9 Å². The molecule has 1 atom stereocenters. The van der Waals surface area contributed by atoms with Crippen molar-refractivity contribution in [2.75, 3.05) is 6.54 Å². The molecule has 12 heavy (non-hydrogen) atoms. The molecule has 66 valence electrons. The van der Waals surface area contributed by atoms with Gasteiger partial charge in [0.1, 0.15) is 0 Å². The first-order valence-electron chi connectivity index (χ1n) is 4.43. The Balaban J connectivity index is 2.40. The Morgan fingerprint density at radius 1 is 1.50 bits per heavy atom. The third kappa shape index (κ3) is 0.966. The second-order valence-corrected chi connectivity index (χ2v) is 3.50. The molecule has 2 heterocycles. The van der Waals surface area contributed by atoms with Gasteiger partial charge in [0.2, 0.25) is 0 Å². The quantitative estimate of drug-likeness (QED) is 0.674. The summed E-state index contributed by atoms with van der Waals surface area (Å²) in [6.07, 6.45) is 1.26. The molecule has 1 aromatic rings. The Kier molecular flexibility index (Phi) is 1.68. The van der Waals surface area contributed by atoms with Gasteiger partial charge in [0.05, 0.1) is 5.69 Å². The minimum Gasteiger partial charge on any atom is -0.310 e. The molecule has 1 N–H and O–H groups in total. The first kappa shape index (κ1) is 7.80. The Hall–Kier alpha value is -0.830. The average molecular weight is 165 g/mol. The van der Waals surface area contributed by atoms with Crippen LogP contribution in [0.1, 0.15) is 29.4 Å². The smallest absolute Gasteiger partial charge is 0.0644 e. The van der Waals surface area contributed by atoms with E-state index in [-0.39, 0.29) is 0 Å². The van der Waals surface area contributed by atoms with Gasteiger partial charge < -0.3 is 5.32 Å². The molecule has 0 bridgehead atoms. The summed E-state index contributed by atoms with van der Waals surface area (Å²) in [5.74, 6) is 0. The highest BCUT2D eigenvalue weighted by molar-refractivity contribution is 5.29. The molecule has 0 amide bonds. The van der Waals surface area contributed by atoms with Crippen LogP contribution < -0.4 is 5.32 Å². The first-order valence-corrected chi connectivity index (χ1v) is 4.43. The molecule has 0 aromatic carbocycles. The van der Waals surface area contributed by atoms with E-state index in [1.165, 1.54) is 23.4 Å². The number of rotatable bonds is 1. The predicted molar refractivity (Wildman–Crippen MR) is 48.0 cm³/mol. The number of aromatic nitrogens is 2. The maximum Gasteiger partial charge on any atom is 0.0644 e. The van der Waals surface area contributed by atoms with Crippen LogP contribution in [0.2, 0.25) is 0 Å². The lowest BCUT2D eigenvalue weighted by Gasteiger charge is -2.28. The van der Waals surface area contributed by atoms with E-state index in [0.717, 1.165) is 6.54 Å². The molecule has 1 saturated heterocycles. The van der Waals surface area contributed by atoms with Crippen molar-refractivity contribution in [3.8, 4) is 0 Å². The van der Waals surface area contributed by atoms with Crippen LogP contribution in [-0.4, -0.2) is 16.3 Å². The molecule has 0 spiro atoms. The van der Waals surface area contributed by atoms with Crippen molar-refractivity contribution in [3.63, 3.8) is 0 Å². The van der Waals surface area contributed by atoms with Crippen molar-refractivity contribution < 1.29 is 0 Å². The molecule has 0 aliphatic carbocycles. The Morgan fingerprint density at radius 2 is 2.17 bits per heavy atom. The lowest BCUT2D eigenvalue weighted by molar-refractivity contribution is 0.380. The van der Waals surface area contributed by atoms with Gasteiger partial charge in [-0.05, 0) is 26.8 Å². The largest absolute Gasteiger partial charge is 0.310 e. The van der Waals surface area contributed by atoms with Gasteiger partial charge in [-0.1, -0.05) is 0 Å². The standard InChI is InChI=1S/C9H15N3/c1-6-9(8-4-5-10-8)7(2)12(3)11-6/h8,10H,4-5H2,1-3H3. The van der Waals surface area contributed by atoms with Crippen LogP contribution in [0.4, 0.5) is 0 Å². The molecule has 1 aromatic heterocycles. The monoisotopic (exact) mass is 165 g/mol. The number of nitrogens with zero attached hydrogens (tertiary/aromatic N) is 2. The summed E-state index contributed by atoms with van der Waals surface area (Å²) in [5.41, 5.74) is 3.88. The molecule has 2 rings (SSSR count). The molecule has 3 heteroatoms. The summed E-state index contributed by atoms with van der Waals surface area (Å²) in [6.45, 7) is 5.37. The zero-order valence-corrected chi connectivity index (χ0v) is 7.89. The zero-order valence-electron chi connectivity index (χ0n) is 7.89. The van der Waals surface area contributed by atoms with Gasteiger partial charge in [-0.25, -0.2) is 0 Å². The lowest BCUT2D eigenvalue weighted by Crippen LogP contribution is -2.35. The Labute approximate surface area is 72.8 Å². The van der Waals surface area contributed by atoms with Crippen LogP contribution in [0.3, 0.4) is 0 Å². The van der Waals surface area contributed by atoms with Gasteiger partial charge in [0.15, 0.2) is 0 Å². The fraction of sp³-hybridized carbons (Fsp3) is 0.667. The van der Waals surface area contributed by atoms with E-state index < -0.39 is 0 Å². The highest BCUT2D eigenvalue weighted by Crippen LogP contribution is 2.27. The van der Waals surface area contributed by atoms with Crippen LogP contribution >= 0.6 is 0 Å². The van der Waals surface area contributed by atoms with Crippen LogP contribution in [0, 0.1) is 13.8 Å². The van der Waals surface area contributed by atoms with Crippen molar-refractivity contribution in [1.29, 1.82) is 0 Å². The van der Waals surface area contributed by atoms with E-state index in [4.69, 9.17) is 0 Å². The molecule has 1 aliphatic rings. The van der Waals surface area contributed by atoms with Crippen molar-refractivity contribution in [1.82, 2.24) is 15.1 Å². The fourth-order valence-corrected chi connectivity index (χ4v) is 1.83. The summed E-state index contributed by atoms with van der Waals surface area (Å²) in [7, 11) is 2.00. The molecule has 0 saturated carbocycles. The minimum absolute atomic E-state index is 0.568. The third-order valence-electron chi connectivity index (χ3n) is 2.74. The summed E-state index contributed by atoms with van der Waals surface area (Å²) in [6, 6.07) is 0.568. The van der Waals surface area contributed by atoms with E-state index in [0.29, 0.717) is 6.04 Å². The Morgan fingerprint density at radius 3 is 2.50 bits per heavy atom. The minimum atomic E-state index is 0.568. The zero-order chi connectivity index (χ0) is 8.72. The van der Waals surface area contributed by atoms with Gasteiger partial charge in [-0.2, -0.15) is 5.10 Å². The van der Waals surface area contributed by atoms with Gasteiger partial charge in [0, 0.05) is 24.3 Å². The highest BCUT2D eigenvalue weighted by atomic mass is 15.3. The van der Waals surface area contributed by atoms with E-state index in [1.807, 2.05) is 11.7 Å². The summed E-state index contributed by atoms with van der Waals surface area (Å²) >= 11 is 0. The number of hydrogen-bond donors (Lipinski definition) is 1. The van der Waals surface area contributed by atoms with E-state index in [2.05, 4.69) is 24.3 Å². The molecule has 1 aliphatic heterocycles. The van der Waals surface area contributed by atoms with Gasteiger partial charge >= 0.3 is 0 Å². The molecular formula is C9H15N3. The molecule has 1 fully saturated rings. The SMILES string of the molecule is Cc1nn(C)c(C)c1C1CCN1. The lowest BCUT2D eigenvalue weighted by atomic mass is 9.96. The predicted octanol–water partition coefficient (Wildman–Crippen LogP) is 1.07. The molecular weight excluding hydrogens is 150 g/mol. The van der Waals surface area contributed by atoms with Crippen molar-refractivity contribution in [2.24, 2.45) is 7.05 Å². The van der Waals surface area contributed by atoms with Gasteiger partial charge in [-0.3, -0.25) is 4.68 Å². The third-order valence-corrected chi connectivity index (χ3v) is 2.74. The second kappa shape index (κ2) is 2.59. The van der Waals surface area contributed by atoms with Crippen LogP contribution in [-0.2, 0) is 7.05 Å². The summed E-state index contributed by atoms with van der Waals surface area (Å²) < 4.78 is 1.96. The fourth-order valence-electron chi connectivity index (χ4n) is 1.83. The maximum absolute atomic E-state index is 4.39. The molecule has 0 radical (unpaired) electrons. The van der Waals surface area contributed by atoms with Crippen molar-refractivity contribution in [3.05, 3.63) is 17.0 Å². The number of aryl methyl sites for hydroxylation is 2. The maximum atomic E-state index is 4.39.